The van der Waals surface area contributed by atoms with E-state index in [9.17, 15) is 4.79 Å². The first-order chi connectivity index (χ1) is 13.6. The van der Waals surface area contributed by atoms with Gasteiger partial charge in [0, 0.05) is 17.6 Å². The van der Waals surface area contributed by atoms with E-state index < -0.39 is 0 Å². The van der Waals surface area contributed by atoms with Gasteiger partial charge in [-0.3, -0.25) is 4.79 Å². The smallest absolute Gasteiger partial charge is 0.257 e. The van der Waals surface area contributed by atoms with Crippen molar-refractivity contribution in [2.45, 2.75) is 12.5 Å². The fourth-order valence-corrected chi connectivity index (χ4v) is 4.67. The van der Waals surface area contributed by atoms with E-state index in [0.29, 0.717) is 23.6 Å². The fourth-order valence-electron chi connectivity index (χ4n) is 3.62. The average Bonchev–Trinajstić information content (AvgIpc) is 3.26. The van der Waals surface area contributed by atoms with Gasteiger partial charge in [-0.2, -0.15) is 0 Å². The Balaban J connectivity index is 1.84. The molecule has 28 heavy (non-hydrogen) atoms. The summed E-state index contributed by atoms with van der Waals surface area (Å²) in [4.78, 5) is 20.4. The maximum atomic E-state index is 13.4. The molecule has 5 nitrogen and oxygen atoms in total. The monoisotopic (exact) mass is 414 g/mol. The topological polar surface area (TPSA) is 51.7 Å². The number of hydrogen-bond donors (Lipinski definition) is 0. The van der Waals surface area contributed by atoms with Crippen LogP contribution in [-0.2, 0) is 6.42 Å². The number of thiophene rings is 1. The van der Waals surface area contributed by atoms with Crippen LogP contribution in [0.1, 0.15) is 32.4 Å². The summed E-state index contributed by atoms with van der Waals surface area (Å²) in [7, 11) is 3.25. The highest BCUT2D eigenvalue weighted by atomic mass is 35.5. The SMILES string of the molecule is COc1cc2c(cc1OC)C(c1cccs1)N(C(=O)c1cccnc1Cl)CC2. The second-order valence-corrected chi connectivity index (χ2v) is 7.75. The molecule has 1 aliphatic rings. The van der Waals surface area contributed by atoms with Gasteiger partial charge in [0.1, 0.15) is 5.15 Å². The molecule has 7 heteroatoms. The maximum Gasteiger partial charge on any atom is 0.257 e. The quantitative estimate of drug-likeness (QED) is 0.585. The molecule has 1 aliphatic heterocycles. The van der Waals surface area contributed by atoms with Crippen LogP contribution in [0, 0.1) is 0 Å². The molecule has 0 spiro atoms. The second-order valence-electron chi connectivity index (χ2n) is 6.41. The third-order valence-corrected chi connectivity index (χ3v) is 6.16. The molecule has 1 unspecified atom stereocenters. The lowest BCUT2D eigenvalue weighted by molar-refractivity contribution is 0.0696. The van der Waals surface area contributed by atoms with Crippen LogP contribution in [0.3, 0.4) is 0 Å². The Labute approximate surface area is 172 Å². The number of hydrogen-bond acceptors (Lipinski definition) is 5. The van der Waals surface area contributed by atoms with Gasteiger partial charge in [0.2, 0.25) is 0 Å². The zero-order valence-electron chi connectivity index (χ0n) is 15.5. The number of carbonyl (C=O) groups excluding carboxylic acids is 1. The number of methoxy groups -OCH3 is 2. The van der Waals surface area contributed by atoms with Crippen molar-refractivity contribution in [3.8, 4) is 11.5 Å². The van der Waals surface area contributed by atoms with E-state index in [1.54, 1.807) is 43.9 Å². The van der Waals surface area contributed by atoms with Crippen molar-refractivity contribution in [2.24, 2.45) is 0 Å². The summed E-state index contributed by atoms with van der Waals surface area (Å²) in [5, 5.41) is 2.24. The van der Waals surface area contributed by atoms with Crippen molar-refractivity contribution in [1.82, 2.24) is 9.88 Å². The van der Waals surface area contributed by atoms with Gasteiger partial charge in [-0.15, -0.1) is 11.3 Å². The Morgan fingerprint density at radius 2 is 2.00 bits per heavy atom. The normalized spacial score (nSPS) is 15.8. The minimum atomic E-state index is -0.215. The zero-order valence-corrected chi connectivity index (χ0v) is 17.1. The van der Waals surface area contributed by atoms with E-state index in [1.165, 1.54) is 0 Å². The lowest BCUT2D eigenvalue weighted by Gasteiger charge is -2.37. The van der Waals surface area contributed by atoms with Gasteiger partial charge in [-0.25, -0.2) is 4.98 Å². The van der Waals surface area contributed by atoms with Crippen LogP contribution in [0.4, 0.5) is 0 Å². The molecule has 0 radical (unpaired) electrons. The van der Waals surface area contributed by atoms with E-state index in [4.69, 9.17) is 21.1 Å². The Morgan fingerprint density at radius 3 is 2.68 bits per heavy atom. The Hall–Kier alpha value is -2.57. The number of aromatic nitrogens is 1. The summed E-state index contributed by atoms with van der Waals surface area (Å²) in [6.45, 7) is 0.578. The Kier molecular flexibility index (Phi) is 5.24. The molecule has 3 heterocycles. The van der Waals surface area contributed by atoms with Gasteiger partial charge in [-0.05, 0) is 53.3 Å². The number of amides is 1. The lowest BCUT2D eigenvalue weighted by Crippen LogP contribution is -2.40. The predicted molar refractivity (Wildman–Crippen MR) is 110 cm³/mol. The molecule has 1 amide bonds. The van der Waals surface area contributed by atoms with Crippen LogP contribution in [-0.4, -0.2) is 36.6 Å². The van der Waals surface area contributed by atoms with Gasteiger partial charge in [0.15, 0.2) is 11.5 Å². The molecule has 0 fully saturated rings. The first kappa shape index (κ1) is 18.8. The summed E-state index contributed by atoms with van der Waals surface area (Å²) >= 11 is 7.83. The maximum absolute atomic E-state index is 13.4. The molecular formula is C21H19ClN2O3S. The lowest BCUT2D eigenvalue weighted by atomic mass is 9.90. The minimum absolute atomic E-state index is 0.128. The van der Waals surface area contributed by atoms with Gasteiger partial charge in [0.25, 0.3) is 5.91 Å². The van der Waals surface area contributed by atoms with Crippen molar-refractivity contribution < 1.29 is 14.3 Å². The highest BCUT2D eigenvalue weighted by Gasteiger charge is 2.35. The molecule has 2 aromatic heterocycles. The van der Waals surface area contributed by atoms with Crippen molar-refractivity contribution in [3.05, 3.63) is 74.7 Å². The third-order valence-electron chi connectivity index (χ3n) is 4.94. The molecule has 0 aliphatic carbocycles. The molecule has 0 N–H and O–H groups in total. The molecule has 1 atom stereocenters. The summed E-state index contributed by atoms with van der Waals surface area (Å²) in [6, 6.07) is 11.3. The molecule has 0 bridgehead atoms. The minimum Gasteiger partial charge on any atom is -0.493 e. The zero-order chi connectivity index (χ0) is 19.7. The third kappa shape index (κ3) is 3.23. The fraction of sp³-hybridized carbons (Fsp3) is 0.238. The van der Waals surface area contributed by atoms with Gasteiger partial charge < -0.3 is 14.4 Å². The molecule has 144 valence electrons. The Morgan fingerprint density at radius 1 is 1.21 bits per heavy atom. The van der Waals surface area contributed by atoms with Crippen LogP contribution in [0.15, 0.2) is 48.0 Å². The first-order valence-corrected chi connectivity index (χ1v) is 10.1. The van der Waals surface area contributed by atoms with Crippen LogP contribution in [0.5, 0.6) is 11.5 Å². The molecule has 4 rings (SSSR count). The highest BCUT2D eigenvalue weighted by molar-refractivity contribution is 7.10. The molecule has 0 saturated heterocycles. The number of nitrogens with zero attached hydrogens (tertiary/aromatic N) is 2. The summed E-state index contributed by atoms with van der Waals surface area (Å²) in [5.41, 5.74) is 2.60. The van der Waals surface area contributed by atoms with E-state index in [2.05, 4.69) is 4.98 Å². The van der Waals surface area contributed by atoms with E-state index >= 15 is 0 Å². The largest absolute Gasteiger partial charge is 0.493 e. The molecule has 1 aromatic carbocycles. The van der Waals surface area contributed by atoms with Gasteiger partial charge in [0.05, 0.1) is 25.8 Å². The first-order valence-electron chi connectivity index (χ1n) is 8.83. The number of rotatable bonds is 4. The summed E-state index contributed by atoms with van der Waals surface area (Å²) in [5.74, 6) is 1.22. The van der Waals surface area contributed by atoms with Crippen LogP contribution < -0.4 is 9.47 Å². The number of benzene rings is 1. The number of halogens is 1. The average molecular weight is 415 g/mol. The van der Waals surface area contributed by atoms with Crippen molar-refractivity contribution in [2.75, 3.05) is 20.8 Å². The summed E-state index contributed by atoms with van der Waals surface area (Å²) in [6.07, 6.45) is 2.31. The number of carbonyl (C=O) groups is 1. The van der Waals surface area contributed by atoms with Crippen LogP contribution in [0.2, 0.25) is 5.15 Å². The number of ether oxygens (including phenoxy) is 2. The van der Waals surface area contributed by atoms with Crippen LogP contribution in [0.25, 0.3) is 0 Å². The molecule has 3 aromatic rings. The van der Waals surface area contributed by atoms with Gasteiger partial charge >= 0.3 is 0 Å². The number of fused-ring (bicyclic) bond motifs is 1. The van der Waals surface area contributed by atoms with E-state index in [0.717, 1.165) is 22.4 Å². The Bertz CT molecular complexity index is 1010. The van der Waals surface area contributed by atoms with E-state index in [-0.39, 0.29) is 17.1 Å². The van der Waals surface area contributed by atoms with Crippen molar-refractivity contribution >= 4 is 28.8 Å². The molecule has 0 saturated carbocycles. The van der Waals surface area contributed by atoms with Gasteiger partial charge in [-0.1, -0.05) is 17.7 Å². The number of pyridine rings is 1. The highest BCUT2D eigenvalue weighted by Crippen LogP contribution is 2.42. The van der Waals surface area contributed by atoms with E-state index in [1.807, 2.05) is 34.5 Å². The summed E-state index contributed by atoms with van der Waals surface area (Å²) < 4.78 is 11.0. The van der Waals surface area contributed by atoms with Crippen molar-refractivity contribution in [3.63, 3.8) is 0 Å². The second kappa shape index (κ2) is 7.81. The standard InChI is InChI=1S/C21H19ClN2O3S/c1-26-16-11-13-7-9-24(21(25)14-5-3-8-23-20(14)22)19(18-6-4-10-28-18)15(13)12-17(16)27-2/h3-6,8,10-12,19H,7,9H2,1-2H3. The van der Waals surface area contributed by atoms with Crippen molar-refractivity contribution in [1.29, 1.82) is 0 Å². The van der Waals surface area contributed by atoms with Crippen LogP contribution >= 0.6 is 22.9 Å². The molecular weight excluding hydrogens is 396 g/mol. The predicted octanol–water partition coefficient (Wildman–Crippen LogP) is 4.60.